The van der Waals surface area contributed by atoms with E-state index in [-0.39, 0.29) is 11.6 Å². The van der Waals surface area contributed by atoms with E-state index in [4.69, 9.17) is 0 Å². The highest BCUT2D eigenvalue weighted by Gasteiger charge is 2.08. The monoisotopic (exact) mass is 301 g/mol. The molecule has 0 saturated heterocycles. The Morgan fingerprint density at radius 1 is 1.00 bits per heavy atom. The third kappa shape index (κ3) is 3.82. The summed E-state index contributed by atoms with van der Waals surface area (Å²) in [6.07, 6.45) is 0. The molecule has 0 aromatic heterocycles. The predicted octanol–water partition coefficient (Wildman–Crippen LogP) is 3.45. The number of urea groups is 1. The smallest absolute Gasteiger partial charge is 0.316 e. The number of nitrogens with zero attached hydrogens (tertiary/aromatic N) is 1. The maximum absolute atomic E-state index is 13.4. The van der Waals surface area contributed by atoms with Gasteiger partial charge in [-0.3, -0.25) is 4.79 Å². The first-order valence-electron chi connectivity index (χ1n) is 6.64. The predicted molar refractivity (Wildman–Crippen MR) is 84.6 cm³/mol. The van der Waals surface area contributed by atoms with Gasteiger partial charge in [-0.15, -0.1) is 0 Å². The number of hydrogen-bond donors (Lipinski definition) is 2. The van der Waals surface area contributed by atoms with Crippen molar-refractivity contribution in [3.05, 3.63) is 54.3 Å². The number of para-hydroxylation sites is 1. The van der Waals surface area contributed by atoms with Crippen LogP contribution in [-0.4, -0.2) is 19.0 Å². The fourth-order valence-corrected chi connectivity index (χ4v) is 1.80. The molecular weight excluding hydrogens is 285 g/mol. The van der Waals surface area contributed by atoms with Gasteiger partial charge in [0, 0.05) is 25.3 Å². The molecule has 0 heterocycles. The van der Waals surface area contributed by atoms with Crippen molar-refractivity contribution in [2.45, 2.75) is 6.92 Å². The van der Waals surface area contributed by atoms with Gasteiger partial charge in [-0.2, -0.15) is 0 Å². The van der Waals surface area contributed by atoms with E-state index >= 15 is 0 Å². The molecule has 0 fully saturated rings. The van der Waals surface area contributed by atoms with Gasteiger partial charge in [0.25, 0.3) is 0 Å². The number of benzene rings is 2. The Kier molecular flexibility index (Phi) is 4.73. The van der Waals surface area contributed by atoms with Crippen LogP contribution in [0.25, 0.3) is 0 Å². The first kappa shape index (κ1) is 15.5. The highest BCUT2D eigenvalue weighted by molar-refractivity contribution is 6.00. The Labute approximate surface area is 127 Å². The van der Waals surface area contributed by atoms with Crippen molar-refractivity contribution in [2.24, 2.45) is 0 Å². The summed E-state index contributed by atoms with van der Waals surface area (Å²) in [6.45, 7) is 1.47. The topological polar surface area (TPSA) is 61.4 Å². The average molecular weight is 301 g/mol. The highest BCUT2D eigenvalue weighted by atomic mass is 19.1. The molecule has 0 aliphatic heterocycles. The molecular formula is C16H16FN3O2. The average Bonchev–Trinajstić information content (AvgIpc) is 2.49. The zero-order valence-electron chi connectivity index (χ0n) is 12.3. The number of nitrogens with one attached hydrogen (secondary N) is 2. The molecule has 0 aliphatic rings. The highest BCUT2D eigenvalue weighted by Crippen LogP contribution is 2.18. The van der Waals surface area contributed by atoms with Crippen LogP contribution in [-0.2, 0) is 4.79 Å². The second-order valence-corrected chi connectivity index (χ2v) is 4.68. The molecule has 114 valence electrons. The normalized spacial score (nSPS) is 9.95. The van der Waals surface area contributed by atoms with E-state index in [1.165, 1.54) is 24.0 Å². The fraction of sp³-hybridized carbons (Fsp3) is 0.125. The van der Waals surface area contributed by atoms with Crippen molar-refractivity contribution in [2.75, 3.05) is 22.6 Å². The third-order valence-corrected chi connectivity index (χ3v) is 3.11. The van der Waals surface area contributed by atoms with E-state index in [9.17, 15) is 14.0 Å². The number of halogens is 1. The molecule has 0 unspecified atom stereocenters. The minimum absolute atomic E-state index is 0.0852. The van der Waals surface area contributed by atoms with Gasteiger partial charge in [0.1, 0.15) is 5.82 Å². The van der Waals surface area contributed by atoms with Crippen LogP contribution in [0, 0.1) is 5.82 Å². The zero-order valence-corrected chi connectivity index (χ0v) is 12.3. The summed E-state index contributed by atoms with van der Waals surface area (Å²) in [4.78, 5) is 24.5. The minimum Gasteiger partial charge on any atom is -0.316 e. The Hall–Kier alpha value is -2.89. The van der Waals surface area contributed by atoms with E-state index in [2.05, 4.69) is 10.6 Å². The summed E-state index contributed by atoms with van der Waals surface area (Å²) < 4.78 is 13.4. The van der Waals surface area contributed by atoms with Crippen molar-refractivity contribution in [1.82, 2.24) is 0 Å². The standard InChI is InChI=1S/C16H16FN3O2/c1-11(21)20(2)13-9-7-12(8-10-13)18-16(22)19-15-6-4-3-5-14(15)17/h3-10H,1-2H3,(H2,18,19,22). The van der Waals surface area contributed by atoms with E-state index in [1.54, 1.807) is 43.4 Å². The molecule has 3 amide bonds. The lowest BCUT2D eigenvalue weighted by atomic mass is 10.2. The summed E-state index contributed by atoms with van der Waals surface area (Å²) >= 11 is 0. The fourth-order valence-electron chi connectivity index (χ4n) is 1.80. The number of amides is 3. The van der Waals surface area contributed by atoms with Gasteiger partial charge in [0.05, 0.1) is 5.69 Å². The van der Waals surface area contributed by atoms with Crippen LogP contribution >= 0.6 is 0 Å². The van der Waals surface area contributed by atoms with Crippen LogP contribution < -0.4 is 15.5 Å². The van der Waals surface area contributed by atoms with Crippen LogP contribution in [0.1, 0.15) is 6.92 Å². The van der Waals surface area contributed by atoms with Gasteiger partial charge in [-0.05, 0) is 36.4 Å². The van der Waals surface area contributed by atoms with Crippen LogP contribution in [0.2, 0.25) is 0 Å². The number of rotatable bonds is 3. The molecule has 5 nitrogen and oxygen atoms in total. The van der Waals surface area contributed by atoms with Gasteiger partial charge >= 0.3 is 6.03 Å². The first-order chi connectivity index (χ1) is 10.5. The first-order valence-corrected chi connectivity index (χ1v) is 6.64. The van der Waals surface area contributed by atoms with E-state index in [0.29, 0.717) is 11.4 Å². The third-order valence-electron chi connectivity index (χ3n) is 3.11. The van der Waals surface area contributed by atoms with Gasteiger partial charge in [-0.1, -0.05) is 12.1 Å². The van der Waals surface area contributed by atoms with Crippen LogP contribution in [0.4, 0.5) is 26.2 Å². The molecule has 2 aromatic carbocycles. The SMILES string of the molecule is CC(=O)N(C)c1ccc(NC(=O)Nc2ccccc2F)cc1. The van der Waals surface area contributed by atoms with Crippen molar-refractivity contribution in [1.29, 1.82) is 0 Å². The second-order valence-electron chi connectivity index (χ2n) is 4.68. The van der Waals surface area contributed by atoms with E-state index < -0.39 is 11.8 Å². The molecule has 6 heteroatoms. The molecule has 0 aliphatic carbocycles. The molecule has 0 bridgehead atoms. The molecule has 0 radical (unpaired) electrons. The van der Waals surface area contributed by atoms with Crippen molar-refractivity contribution >= 4 is 29.0 Å². The van der Waals surface area contributed by atoms with Crippen LogP contribution in [0.15, 0.2) is 48.5 Å². The summed E-state index contributed by atoms with van der Waals surface area (Å²) in [6, 6.07) is 12.1. The summed E-state index contributed by atoms with van der Waals surface area (Å²) in [5.74, 6) is -0.589. The number of anilines is 3. The molecule has 0 spiro atoms. The largest absolute Gasteiger partial charge is 0.323 e. The second kappa shape index (κ2) is 6.71. The zero-order chi connectivity index (χ0) is 16.1. The number of hydrogen-bond acceptors (Lipinski definition) is 2. The lowest BCUT2D eigenvalue weighted by molar-refractivity contribution is -0.116. The maximum Gasteiger partial charge on any atom is 0.323 e. The van der Waals surface area contributed by atoms with Crippen molar-refractivity contribution in [3.8, 4) is 0 Å². The van der Waals surface area contributed by atoms with Gasteiger partial charge in [0.15, 0.2) is 0 Å². The van der Waals surface area contributed by atoms with E-state index in [0.717, 1.165) is 0 Å². The summed E-state index contributed by atoms with van der Waals surface area (Å²) in [5, 5.41) is 5.02. The van der Waals surface area contributed by atoms with Gasteiger partial charge in [-0.25, -0.2) is 9.18 Å². The summed E-state index contributed by atoms with van der Waals surface area (Å²) in [7, 11) is 1.66. The summed E-state index contributed by atoms with van der Waals surface area (Å²) in [5.41, 5.74) is 1.36. The maximum atomic E-state index is 13.4. The van der Waals surface area contributed by atoms with E-state index in [1.807, 2.05) is 0 Å². The Bertz CT molecular complexity index is 686. The Morgan fingerprint density at radius 2 is 1.64 bits per heavy atom. The van der Waals surface area contributed by atoms with Gasteiger partial charge < -0.3 is 15.5 Å². The lowest BCUT2D eigenvalue weighted by Gasteiger charge is -2.15. The lowest BCUT2D eigenvalue weighted by Crippen LogP contribution is -2.23. The number of carbonyl (C=O) groups excluding carboxylic acids is 2. The van der Waals surface area contributed by atoms with Crippen molar-refractivity contribution in [3.63, 3.8) is 0 Å². The van der Waals surface area contributed by atoms with Crippen LogP contribution in [0.3, 0.4) is 0 Å². The molecule has 2 N–H and O–H groups in total. The molecule has 2 aromatic rings. The quantitative estimate of drug-likeness (QED) is 0.912. The number of carbonyl (C=O) groups is 2. The van der Waals surface area contributed by atoms with Crippen LogP contribution in [0.5, 0.6) is 0 Å². The molecule has 22 heavy (non-hydrogen) atoms. The molecule has 2 rings (SSSR count). The van der Waals surface area contributed by atoms with Gasteiger partial charge in [0.2, 0.25) is 5.91 Å². The van der Waals surface area contributed by atoms with Crippen molar-refractivity contribution < 1.29 is 14.0 Å². The Balaban J connectivity index is 2.00. The molecule has 0 saturated carbocycles. The Morgan fingerprint density at radius 3 is 2.23 bits per heavy atom. The molecule has 0 atom stereocenters. The minimum atomic E-state index is -0.544.